The number of ether oxygens (including phenoxy) is 1. The lowest BCUT2D eigenvalue weighted by Crippen LogP contribution is -2.33. The van der Waals surface area contributed by atoms with E-state index < -0.39 is 0 Å². The Hall–Kier alpha value is -1.64. The van der Waals surface area contributed by atoms with Crippen molar-refractivity contribution in [3.63, 3.8) is 0 Å². The molecular formula is C20H25N3O3S2. The summed E-state index contributed by atoms with van der Waals surface area (Å²) in [4.78, 5) is 30.4. The molecule has 1 aliphatic heterocycles. The Morgan fingerprint density at radius 3 is 3.04 bits per heavy atom. The summed E-state index contributed by atoms with van der Waals surface area (Å²) in [6, 6.07) is 4.05. The summed E-state index contributed by atoms with van der Waals surface area (Å²) < 4.78 is 7.36. The molecule has 1 aliphatic carbocycles. The van der Waals surface area contributed by atoms with Gasteiger partial charge in [-0.2, -0.15) is 4.98 Å². The van der Waals surface area contributed by atoms with Crippen LogP contribution in [0, 0.1) is 0 Å². The van der Waals surface area contributed by atoms with Crippen LogP contribution >= 0.6 is 23.1 Å². The van der Waals surface area contributed by atoms with Gasteiger partial charge >= 0.3 is 5.69 Å². The number of amides is 1. The summed E-state index contributed by atoms with van der Waals surface area (Å²) in [5.41, 5.74) is 2.04. The molecule has 2 aromatic rings. The van der Waals surface area contributed by atoms with Crippen molar-refractivity contribution in [2.24, 2.45) is 0 Å². The average molecular weight is 420 g/mol. The van der Waals surface area contributed by atoms with Crippen molar-refractivity contribution in [2.45, 2.75) is 56.2 Å². The molecule has 1 unspecified atom stereocenters. The molecule has 2 aliphatic rings. The Morgan fingerprint density at radius 2 is 2.25 bits per heavy atom. The normalized spacial score (nSPS) is 18.8. The fourth-order valence-electron chi connectivity index (χ4n) is 3.81. The summed E-state index contributed by atoms with van der Waals surface area (Å²) >= 11 is 3.04. The van der Waals surface area contributed by atoms with Crippen LogP contribution in [0.25, 0.3) is 0 Å². The van der Waals surface area contributed by atoms with Crippen LogP contribution in [-0.4, -0.2) is 40.5 Å². The van der Waals surface area contributed by atoms with Crippen molar-refractivity contribution in [3.8, 4) is 0 Å². The zero-order valence-electron chi connectivity index (χ0n) is 15.8. The number of aromatic nitrogens is 2. The van der Waals surface area contributed by atoms with Crippen molar-refractivity contribution in [3.05, 3.63) is 44.1 Å². The Kier molecular flexibility index (Phi) is 6.49. The maximum Gasteiger partial charge on any atom is 0.349 e. The van der Waals surface area contributed by atoms with Gasteiger partial charge in [-0.05, 0) is 50.0 Å². The van der Waals surface area contributed by atoms with Gasteiger partial charge in [-0.1, -0.05) is 17.8 Å². The maximum atomic E-state index is 12.7. The monoisotopic (exact) mass is 419 g/mol. The number of nitrogens with zero attached hydrogens (tertiary/aromatic N) is 2. The standard InChI is InChI=1S/C20H25N3O3S2/c24-18(21-11-14-5-3-9-26-14)13-28-19-16-7-1-2-8-17(16)23(20(25)22-19)12-15-6-4-10-27-15/h4,6,10,14H,1-3,5,7-9,11-13H2,(H,21,24). The van der Waals surface area contributed by atoms with Gasteiger partial charge in [-0.25, -0.2) is 4.79 Å². The second kappa shape index (κ2) is 9.24. The lowest BCUT2D eigenvalue weighted by atomic mass is 9.97. The summed E-state index contributed by atoms with van der Waals surface area (Å²) in [5.74, 6) is 0.246. The molecule has 150 valence electrons. The van der Waals surface area contributed by atoms with Crippen LogP contribution in [0.5, 0.6) is 0 Å². The molecule has 0 aromatic carbocycles. The Bertz CT molecular complexity index is 874. The van der Waals surface area contributed by atoms with E-state index in [0.29, 0.717) is 13.1 Å². The van der Waals surface area contributed by atoms with Gasteiger partial charge < -0.3 is 10.1 Å². The van der Waals surface area contributed by atoms with Gasteiger partial charge in [-0.3, -0.25) is 9.36 Å². The molecule has 1 saturated heterocycles. The van der Waals surface area contributed by atoms with Gasteiger partial charge in [0.15, 0.2) is 0 Å². The van der Waals surface area contributed by atoms with E-state index in [9.17, 15) is 9.59 Å². The van der Waals surface area contributed by atoms with Crippen LogP contribution in [-0.2, 0) is 28.9 Å². The van der Waals surface area contributed by atoms with E-state index >= 15 is 0 Å². The van der Waals surface area contributed by atoms with Crippen LogP contribution in [0.2, 0.25) is 0 Å². The molecule has 1 amide bonds. The van der Waals surface area contributed by atoms with Crippen molar-refractivity contribution < 1.29 is 9.53 Å². The smallest absolute Gasteiger partial charge is 0.349 e. The number of carbonyl (C=O) groups excluding carboxylic acids is 1. The van der Waals surface area contributed by atoms with E-state index in [-0.39, 0.29) is 23.5 Å². The molecule has 6 nitrogen and oxygen atoms in total. The minimum absolute atomic E-state index is 0.0328. The third-order valence-electron chi connectivity index (χ3n) is 5.24. The molecule has 1 atom stereocenters. The largest absolute Gasteiger partial charge is 0.376 e. The highest BCUT2D eigenvalue weighted by Crippen LogP contribution is 2.29. The fraction of sp³-hybridized carbons (Fsp3) is 0.550. The van der Waals surface area contributed by atoms with Crippen LogP contribution in [0.3, 0.4) is 0 Å². The van der Waals surface area contributed by atoms with E-state index in [4.69, 9.17) is 4.74 Å². The van der Waals surface area contributed by atoms with Crippen LogP contribution < -0.4 is 11.0 Å². The third kappa shape index (κ3) is 4.67. The Labute approximate surface area is 172 Å². The summed E-state index contributed by atoms with van der Waals surface area (Å²) in [6.07, 6.45) is 6.22. The number of nitrogens with one attached hydrogen (secondary N) is 1. The Balaban J connectivity index is 1.45. The number of fused-ring (bicyclic) bond motifs is 1. The summed E-state index contributed by atoms with van der Waals surface area (Å²) in [5, 5.41) is 5.69. The molecule has 1 fully saturated rings. The fourth-order valence-corrected chi connectivity index (χ4v) is 5.41. The Morgan fingerprint density at radius 1 is 1.36 bits per heavy atom. The molecule has 0 spiro atoms. The van der Waals surface area contributed by atoms with Gasteiger partial charge in [-0.15, -0.1) is 11.3 Å². The second-order valence-corrected chi connectivity index (χ2v) is 9.22. The van der Waals surface area contributed by atoms with Gasteiger partial charge in [0.1, 0.15) is 5.03 Å². The van der Waals surface area contributed by atoms with Gasteiger partial charge in [0.25, 0.3) is 0 Å². The first-order chi connectivity index (χ1) is 13.7. The predicted octanol–water partition coefficient (Wildman–Crippen LogP) is 2.62. The SMILES string of the molecule is O=C(CSc1nc(=O)n(Cc2cccs2)c2c1CCCC2)NCC1CCCO1. The van der Waals surface area contributed by atoms with Crippen LogP contribution in [0.1, 0.15) is 41.8 Å². The topological polar surface area (TPSA) is 73.2 Å². The van der Waals surface area contributed by atoms with E-state index in [2.05, 4.69) is 10.3 Å². The quantitative estimate of drug-likeness (QED) is 0.552. The van der Waals surface area contributed by atoms with Crippen molar-refractivity contribution in [2.75, 3.05) is 18.9 Å². The molecule has 4 rings (SSSR count). The molecule has 28 heavy (non-hydrogen) atoms. The minimum Gasteiger partial charge on any atom is -0.376 e. The molecule has 0 radical (unpaired) electrons. The lowest BCUT2D eigenvalue weighted by molar-refractivity contribution is -0.119. The zero-order valence-corrected chi connectivity index (χ0v) is 17.4. The molecule has 0 bridgehead atoms. The first-order valence-electron chi connectivity index (χ1n) is 9.87. The predicted molar refractivity (Wildman–Crippen MR) is 111 cm³/mol. The van der Waals surface area contributed by atoms with Crippen LogP contribution in [0.15, 0.2) is 27.3 Å². The number of hydrogen-bond acceptors (Lipinski definition) is 6. The first-order valence-corrected chi connectivity index (χ1v) is 11.7. The number of hydrogen-bond donors (Lipinski definition) is 1. The zero-order chi connectivity index (χ0) is 19.3. The summed E-state index contributed by atoms with van der Waals surface area (Å²) in [6.45, 7) is 1.93. The van der Waals surface area contributed by atoms with Crippen LogP contribution in [0.4, 0.5) is 0 Å². The highest BCUT2D eigenvalue weighted by molar-refractivity contribution is 7.99. The number of thiophene rings is 1. The first kappa shape index (κ1) is 19.7. The van der Waals surface area contributed by atoms with E-state index in [1.807, 2.05) is 22.1 Å². The second-order valence-electron chi connectivity index (χ2n) is 7.23. The molecule has 0 saturated carbocycles. The maximum absolute atomic E-state index is 12.7. The molecule has 2 aromatic heterocycles. The van der Waals surface area contributed by atoms with E-state index in [0.717, 1.165) is 66.3 Å². The van der Waals surface area contributed by atoms with Gasteiger partial charge in [0.05, 0.1) is 18.4 Å². The third-order valence-corrected chi connectivity index (χ3v) is 7.11. The van der Waals surface area contributed by atoms with Crippen molar-refractivity contribution >= 4 is 29.0 Å². The number of carbonyl (C=O) groups is 1. The lowest BCUT2D eigenvalue weighted by Gasteiger charge is -2.22. The molecule has 8 heteroatoms. The van der Waals surface area contributed by atoms with Crippen molar-refractivity contribution in [1.82, 2.24) is 14.9 Å². The molecular weight excluding hydrogens is 394 g/mol. The number of rotatable bonds is 7. The highest BCUT2D eigenvalue weighted by atomic mass is 32.2. The highest BCUT2D eigenvalue weighted by Gasteiger charge is 2.22. The average Bonchev–Trinajstić information content (AvgIpc) is 3.41. The van der Waals surface area contributed by atoms with Gasteiger partial charge in [0.2, 0.25) is 5.91 Å². The molecule has 1 N–H and O–H groups in total. The number of thioether (sulfide) groups is 1. The van der Waals surface area contributed by atoms with Crippen molar-refractivity contribution in [1.29, 1.82) is 0 Å². The van der Waals surface area contributed by atoms with E-state index in [1.165, 1.54) is 11.8 Å². The molecule has 3 heterocycles. The minimum atomic E-state index is -0.212. The van der Waals surface area contributed by atoms with E-state index in [1.54, 1.807) is 11.3 Å². The van der Waals surface area contributed by atoms with Gasteiger partial charge in [0, 0.05) is 29.3 Å². The summed E-state index contributed by atoms with van der Waals surface area (Å²) in [7, 11) is 0.